The van der Waals surface area contributed by atoms with Crippen molar-refractivity contribution in [2.45, 2.75) is 52.4 Å². The van der Waals surface area contributed by atoms with E-state index in [0.29, 0.717) is 24.3 Å². The average molecular weight is 327 g/mol. The second-order valence-electron chi connectivity index (χ2n) is 6.69. The molecule has 0 bridgehead atoms. The quantitative estimate of drug-likeness (QED) is 0.860. The molecule has 1 N–H and O–H groups in total. The van der Waals surface area contributed by atoms with Crippen molar-refractivity contribution >= 4 is 17.6 Å². The van der Waals surface area contributed by atoms with Crippen molar-refractivity contribution < 1.29 is 14.3 Å². The fourth-order valence-corrected chi connectivity index (χ4v) is 4.13. The van der Waals surface area contributed by atoms with Crippen molar-refractivity contribution in [3.05, 3.63) is 41.0 Å². The first kappa shape index (κ1) is 16.7. The number of fused-ring (bicyclic) bond motifs is 1. The van der Waals surface area contributed by atoms with Gasteiger partial charge in [-0.2, -0.15) is 0 Å². The Kier molecular flexibility index (Phi) is 4.74. The van der Waals surface area contributed by atoms with E-state index < -0.39 is 0 Å². The Morgan fingerprint density at radius 3 is 2.54 bits per heavy atom. The van der Waals surface area contributed by atoms with Gasteiger partial charge in [-0.05, 0) is 31.7 Å². The summed E-state index contributed by atoms with van der Waals surface area (Å²) in [5.74, 6) is -0.350. The molecule has 0 aromatic heterocycles. The van der Waals surface area contributed by atoms with Gasteiger partial charge in [0.1, 0.15) is 0 Å². The Morgan fingerprint density at radius 1 is 1.17 bits per heavy atom. The monoisotopic (exact) mass is 327 g/mol. The van der Waals surface area contributed by atoms with Gasteiger partial charge in [0.25, 0.3) is 0 Å². The number of nitrogens with one attached hydrogen (secondary N) is 1. The molecule has 128 valence electrons. The van der Waals surface area contributed by atoms with E-state index in [-0.39, 0.29) is 17.3 Å². The molecule has 24 heavy (non-hydrogen) atoms. The van der Waals surface area contributed by atoms with Crippen molar-refractivity contribution in [3.8, 4) is 0 Å². The van der Waals surface area contributed by atoms with Crippen LogP contribution in [-0.2, 0) is 20.7 Å². The summed E-state index contributed by atoms with van der Waals surface area (Å²) in [7, 11) is 0. The Hall–Kier alpha value is -2.10. The summed E-state index contributed by atoms with van der Waals surface area (Å²) in [6.07, 6.45) is 5.40. The molecule has 0 unspecified atom stereocenters. The van der Waals surface area contributed by atoms with Gasteiger partial charge in [-0.25, -0.2) is 4.79 Å². The van der Waals surface area contributed by atoms with Crippen molar-refractivity contribution in [3.63, 3.8) is 0 Å². The van der Waals surface area contributed by atoms with Crippen LogP contribution in [0.2, 0.25) is 0 Å². The van der Waals surface area contributed by atoms with Crippen molar-refractivity contribution in [2.75, 3.05) is 6.61 Å². The van der Waals surface area contributed by atoms with Gasteiger partial charge >= 0.3 is 5.97 Å². The lowest BCUT2D eigenvalue weighted by molar-refractivity contribution is -0.139. The van der Waals surface area contributed by atoms with E-state index in [9.17, 15) is 9.59 Å². The number of ether oxygens (including phenoxy) is 1. The summed E-state index contributed by atoms with van der Waals surface area (Å²) >= 11 is 0. The first-order valence-corrected chi connectivity index (χ1v) is 8.91. The van der Waals surface area contributed by atoms with E-state index in [0.717, 1.165) is 37.7 Å². The SMILES string of the molecule is CCOC(=O)C1=C(NC(=O)CC)c2ccccc2CC12CCCC2. The largest absolute Gasteiger partial charge is 0.463 e. The normalized spacial score (nSPS) is 18.4. The van der Waals surface area contributed by atoms with Gasteiger partial charge in [-0.15, -0.1) is 0 Å². The molecule has 2 aliphatic rings. The van der Waals surface area contributed by atoms with Gasteiger partial charge in [-0.1, -0.05) is 44.0 Å². The molecule has 1 amide bonds. The van der Waals surface area contributed by atoms with Gasteiger partial charge in [0.05, 0.1) is 17.9 Å². The predicted molar refractivity (Wildman–Crippen MR) is 93.0 cm³/mol. The highest BCUT2D eigenvalue weighted by Gasteiger charge is 2.46. The zero-order valence-corrected chi connectivity index (χ0v) is 14.5. The molecule has 4 nitrogen and oxygen atoms in total. The maximum absolute atomic E-state index is 12.8. The third kappa shape index (κ3) is 2.85. The molecule has 2 aliphatic carbocycles. The maximum atomic E-state index is 12.8. The van der Waals surface area contributed by atoms with E-state index in [4.69, 9.17) is 4.74 Å². The molecule has 0 radical (unpaired) electrons. The molecule has 0 heterocycles. The van der Waals surface area contributed by atoms with E-state index in [1.165, 1.54) is 5.56 Å². The standard InChI is InChI=1S/C20H25NO3/c1-3-16(22)21-18-15-10-6-5-9-14(15)13-20(11-7-8-12-20)17(18)19(23)24-4-2/h5-6,9-10H,3-4,7-8,11-13H2,1-2H3,(H,21,22). The zero-order chi connectivity index (χ0) is 17.2. The van der Waals surface area contributed by atoms with Crippen molar-refractivity contribution in [2.24, 2.45) is 5.41 Å². The molecular weight excluding hydrogens is 302 g/mol. The molecule has 1 fully saturated rings. The minimum absolute atomic E-state index is 0.0725. The minimum atomic E-state index is -0.277. The van der Waals surface area contributed by atoms with E-state index in [1.807, 2.05) is 32.0 Å². The van der Waals surface area contributed by atoms with Crippen LogP contribution in [0.1, 0.15) is 57.1 Å². The van der Waals surface area contributed by atoms with E-state index in [1.54, 1.807) is 0 Å². The molecule has 0 saturated heterocycles. The van der Waals surface area contributed by atoms with Crippen LogP contribution in [0.5, 0.6) is 0 Å². The number of esters is 1. The second-order valence-corrected chi connectivity index (χ2v) is 6.69. The van der Waals surface area contributed by atoms with E-state index in [2.05, 4.69) is 11.4 Å². The lowest BCUT2D eigenvalue weighted by Crippen LogP contribution is -2.37. The van der Waals surface area contributed by atoms with E-state index >= 15 is 0 Å². The lowest BCUT2D eigenvalue weighted by atomic mass is 9.68. The molecular formula is C20H25NO3. The number of benzene rings is 1. The van der Waals surface area contributed by atoms with Crippen LogP contribution < -0.4 is 5.32 Å². The summed E-state index contributed by atoms with van der Waals surface area (Å²) in [5.41, 5.74) is 3.32. The zero-order valence-electron chi connectivity index (χ0n) is 14.5. The molecule has 4 heteroatoms. The third-order valence-corrected chi connectivity index (χ3v) is 5.22. The molecule has 0 atom stereocenters. The van der Waals surface area contributed by atoms with Gasteiger partial charge < -0.3 is 10.1 Å². The Labute approximate surface area is 143 Å². The van der Waals surface area contributed by atoms with Gasteiger partial charge in [-0.3, -0.25) is 4.79 Å². The van der Waals surface area contributed by atoms with Gasteiger partial charge in [0.2, 0.25) is 5.91 Å². The van der Waals surface area contributed by atoms with Crippen LogP contribution in [0.15, 0.2) is 29.8 Å². The molecule has 1 saturated carbocycles. The third-order valence-electron chi connectivity index (χ3n) is 5.22. The van der Waals surface area contributed by atoms with Crippen molar-refractivity contribution in [1.82, 2.24) is 5.32 Å². The lowest BCUT2D eigenvalue weighted by Gasteiger charge is -2.38. The number of carbonyl (C=O) groups is 2. The maximum Gasteiger partial charge on any atom is 0.336 e. The van der Waals surface area contributed by atoms with Crippen LogP contribution in [0.3, 0.4) is 0 Å². The highest BCUT2D eigenvalue weighted by molar-refractivity contribution is 6.03. The summed E-state index contributed by atoms with van der Waals surface area (Å²) in [4.78, 5) is 24.9. The van der Waals surface area contributed by atoms with Crippen LogP contribution >= 0.6 is 0 Å². The molecule has 3 rings (SSSR count). The molecule has 1 aromatic carbocycles. The Bertz CT molecular complexity index is 684. The summed E-state index contributed by atoms with van der Waals surface area (Å²) in [6.45, 7) is 3.98. The number of hydrogen-bond acceptors (Lipinski definition) is 3. The molecule has 0 aliphatic heterocycles. The average Bonchev–Trinajstić information content (AvgIpc) is 3.03. The smallest absolute Gasteiger partial charge is 0.336 e. The molecule has 1 aromatic rings. The molecule has 1 spiro atoms. The van der Waals surface area contributed by atoms with Gasteiger partial charge in [0.15, 0.2) is 0 Å². The fraction of sp³-hybridized carbons (Fsp3) is 0.500. The number of carbonyl (C=O) groups excluding carboxylic acids is 2. The minimum Gasteiger partial charge on any atom is -0.463 e. The van der Waals surface area contributed by atoms with Crippen molar-refractivity contribution in [1.29, 1.82) is 0 Å². The van der Waals surface area contributed by atoms with Crippen LogP contribution in [0.4, 0.5) is 0 Å². The number of amides is 1. The Balaban J connectivity index is 2.19. The second kappa shape index (κ2) is 6.80. The number of rotatable bonds is 4. The highest BCUT2D eigenvalue weighted by Crippen LogP contribution is 2.52. The predicted octanol–water partition coefficient (Wildman–Crippen LogP) is 3.60. The number of hydrogen-bond donors (Lipinski definition) is 1. The highest BCUT2D eigenvalue weighted by atomic mass is 16.5. The Morgan fingerprint density at radius 2 is 1.88 bits per heavy atom. The first-order chi connectivity index (χ1) is 11.6. The first-order valence-electron chi connectivity index (χ1n) is 8.91. The summed E-state index contributed by atoms with van der Waals surface area (Å²) in [5, 5.41) is 3.01. The summed E-state index contributed by atoms with van der Waals surface area (Å²) < 4.78 is 5.38. The summed E-state index contributed by atoms with van der Waals surface area (Å²) in [6, 6.07) is 8.07. The van der Waals surface area contributed by atoms with Crippen LogP contribution in [0, 0.1) is 5.41 Å². The topological polar surface area (TPSA) is 55.4 Å². The fourth-order valence-electron chi connectivity index (χ4n) is 4.13. The van der Waals surface area contributed by atoms with Crippen LogP contribution in [-0.4, -0.2) is 18.5 Å². The van der Waals surface area contributed by atoms with Gasteiger partial charge in [0, 0.05) is 17.4 Å². The van der Waals surface area contributed by atoms with Crippen LogP contribution in [0.25, 0.3) is 5.70 Å².